The summed E-state index contributed by atoms with van der Waals surface area (Å²) in [5.74, 6) is -0.428. The topological polar surface area (TPSA) is 43.4 Å². The molecular formula is C11H20O3. The summed E-state index contributed by atoms with van der Waals surface area (Å²) in [5, 5.41) is 0. The normalized spacial score (nSPS) is 13.5. The van der Waals surface area contributed by atoms with Crippen LogP contribution < -0.4 is 0 Å². The molecule has 0 heterocycles. The van der Waals surface area contributed by atoms with Crippen LogP contribution in [0.25, 0.3) is 0 Å². The van der Waals surface area contributed by atoms with Crippen molar-refractivity contribution < 1.29 is 14.3 Å². The van der Waals surface area contributed by atoms with E-state index in [0.29, 0.717) is 6.42 Å². The Hall–Kier alpha value is -0.860. The number of rotatable bonds is 4. The van der Waals surface area contributed by atoms with Crippen LogP contribution in [-0.4, -0.2) is 17.4 Å². The zero-order valence-electron chi connectivity index (χ0n) is 9.72. The first-order valence-electron chi connectivity index (χ1n) is 4.98. The lowest BCUT2D eigenvalue weighted by Crippen LogP contribution is -2.26. The van der Waals surface area contributed by atoms with Gasteiger partial charge in [0.05, 0.1) is 6.42 Å². The molecule has 0 aromatic heterocycles. The zero-order chi connectivity index (χ0) is 11.4. The molecule has 0 N–H and O–H groups in total. The van der Waals surface area contributed by atoms with Crippen molar-refractivity contribution in [3.63, 3.8) is 0 Å². The molecule has 0 saturated carbocycles. The minimum absolute atomic E-state index is 0.0540. The second kappa shape index (κ2) is 5.13. The second-order valence-electron chi connectivity index (χ2n) is 4.51. The molecule has 14 heavy (non-hydrogen) atoms. The maximum Gasteiger partial charge on any atom is 0.307 e. The first-order valence-corrected chi connectivity index (χ1v) is 4.98. The average molecular weight is 200 g/mol. The van der Waals surface area contributed by atoms with Gasteiger partial charge in [0.1, 0.15) is 11.4 Å². The summed E-state index contributed by atoms with van der Waals surface area (Å²) in [7, 11) is 0. The van der Waals surface area contributed by atoms with E-state index in [9.17, 15) is 9.59 Å². The molecule has 0 amide bonds. The predicted octanol–water partition coefficient (Wildman–Crippen LogP) is 2.33. The molecule has 0 spiro atoms. The van der Waals surface area contributed by atoms with Gasteiger partial charge in [-0.3, -0.25) is 9.59 Å². The molecule has 0 saturated heterocycles. The third-order valence-electron chi connectivity index (χ3n) is 1.90. The molecule has 0 aliphatic heterocycles. The molecule has 0 bridgehead atoms. The van der Waals surface area contributed by atoms with Gasteiger partial charge in [-0.2, -0.15) is 0 Å². The number of Topliss-reactive ketones (excluding diaryl/α,β-unsaturated/α-hetero) is 1. The van der Waals surface area contributed by atoms with Crippen molar-refractivity contribution in [2.45, 2.75) is 53.1 Å². The summed E-state index contributed by atoms with van der Waals surface area (Å²) in [5.41, 5.74) is -0.466. The lowest BCUT2D eigenvalue weighted by Gasteiger charge is -2.20. The lowest BCUT2D eigenvalue weighted by molar-refractivity contribution is -0.157. The summed E-state index contributed by atoms with van der Waals surface area (Å²) in [6.45, 7) is 8.87. The zero-order valence-corrected chi connectivity index (χ0v) is 9.72. The van der Waals surface area contributed by atoms with Gasteiger partial charge in [0.2, 0.25) is 0 Å². The van der Waals surface area contributed by atoms with Crippen LogP contribution in [0, 0.1) is 5.92 Å². The molecule has 0 radical (unpaired) electrons. The summed E-state index contributed by atoms with van der Waals surface area (Å²) in [6, 6.07) is 0. The molecule has 0 rings (SSSR count). The average Bonchev–Trinajstić information content (AvgIpc) is 1.96. The van der Waals surface area contributed by atoms with E-state index in [1.807, 2.05) is 27.7 Å². The number of hydrogen-bond donors (Lipinski definition) is 0. The van der Waals surface area contributed by atoms with E-state index in [1.54, 1.807) is 0 Å². The molecule has 0 aromatic carbocycles. The van der Waals surface area contributed by atoms with Crippen LogP contribution in [0.1, 0.15) is 47.5 Å². The molecule has 0 unspecified atom stereocenters. The highest BCUT2D eigenvalue weighted by Gasteiger charge is 2.21. The highest BCUT2D eigenvalue weighted by atomic mass is 16.6. The number of ketones is 1. The number of carbonyl (C=O) groups is 2. The van der Waals surface area contributed by atoms with Gasteiger partial charge in [0.15, 0.2) is 0 Å². The Morgan fingerprint density at radius 1 is 1.29 bits per heavy atom. The maximum absolute atomic E-state index is 11.4. The van der Waals surface area contributed by atoms with Gasteiger partial charge in [-0.05, 0) is 34.1 Å². The van der Waals surface area contributed by atoms with Crippen molar-refractivity contribution in [3.05, 3.63) is 0 Å². The quantitative estimate of drug-likeness (QED) is 0.654. The van der Waals surface area contributed by atoms with E-state index in [2.05, 4.69) is 0 Å². The summed E-state index contributed by atoms with van der Waals surface area (Å²) in [6.07, 6.45) is 0.887. The fourth-order valence-electron chi connectivity index (χ4n) is 1.16. The van der Waals surface area contributed by atoms with E-state index < -0.39 is 5.60 Å². The minimum atomic E-state index is -0.466. The van der Waals surface area contributed by atoms with Crippen LogP contribution in [-0.2, 0) is 14.3 Å². The standard InChI is InChI=1S/C11H20O3/c1-6-9(8(2)12)7-10(13)14-11(3,4)5/h9H,6-7H2,1-5H3/t9-/m0/s1. The van der Waals surface area contributed by atoms with E-state index in [-0.39, 0.29) is 24.1 Å². The minimum Gasteiger partial charge on any atom is -0.460 e. The third kappa shape index (κ3) is 5.73. The van der Waals surface area contributed by atoms with Gasteiger partial charge >= 0.3 is 5.97 Å². The largest absolute Gasteiger partial charge is 0.460 e. The molecule has 0 aliphatic rings. The summed E-state index contributed by atoms with van der Waals surface area (Å²) < 4.78 is 5.13. The Labute approximate surface area is 85.8 Å². The van der Waals surface area contributed by atoms with Gasteiger partial charge < -0.3 is 4.74 Å². The number of carbonyl (C=O) groups excluding carboxylic acids is 2. The molecule has 0 aliphatic carbocycles. The van der Waals surface area contributed by atoms with E-state index in [0.717, 1.165) is 0 Å². The number of hydrogen-bond acceptors (Lipinski definition) is 3. The Kier molecular flexibility index (Phi) is 4.81. The first kappa shape index (κ1) is 13.1. The molecule has 82 valence electrons. The van der Waals surface area contributed by atoms with Crippen LogP contribution in [0.4, 0.5) is 0 Å². The molecule has 1 atom stereocenters. The second-order valence-corrected chi connectivity index (χ2v) is 4.51. The Morgan fingerprint density at radius 3 is 2.07 bits per heavy atom. The van der Waals surface area contributed by atoms with Crippen LogP contribution in [0.15, 0.2) is 0 Å². The smallest absolute Gasteiger partial charge is 0.307 e. The van der Waals surface area contributed by atoms with Crippen LogP contribution in [0.2, 0.25) is 0 Å². The van der Waals surface area contributed by atoms with Crippen molar-refractivity contribution in [2.75, 3.05) is 0 Å². The Balaban J connectivity index is 4.11. The van der Waals surface area contributed by atoms with Gasteiger partial charge in [-0.25, -0.2) is 0 Å². The van der Waals surface area contributed by atoms with E-state index in [1.165, 1.54) is 6.92 Å². The van der Waals surface area contributed by atoms with Gasteiger partial charge in [-0.1, -0.05) is 6.92 Å². The molecule has 0 aromatic rings. The molecule has 3 heteroatoms. The van der Waals surface area contributed by atoms with Crippen molar-refractivity contribution in [1.82, 2.24) is 0 Å². The summed E-state index contributed by atoms with van der Waals surface area (Å²) >= 11 is 0. The van der Waals surface area contributed by atoms with Crippen molar-refractivity contribution in [1.29, 1.82) is 0 Å². The lowest BCUT2D eigenvalue weighted by atomic mass is 9.98. The van der Waals surface area contributed by atoms with Gasteiger partial charge in [0.25, 0.3) is 0 Å². The van der Waals surface area contributed by atoms with Crippen LogP contribution in [0.5, 0.6) is 0 Å². The molecule has 3 nitrogen and oxygen atoms in total. The highest BCUT2D eigenvalue weighted by Crippen LogP contribution is 2.14. The van der Waals surface area contributed by atoms with Crippen molar-refractivity contribution >= 4 is 11.8 Å². The third-order valence-corrected chi connectivity index (χ3v) is 1.90. The van der Waals surface area contributed by atoms with E-state index in [4.69, 9.17) is 4.74 Å². The Morgan fingerprint density at radius 2 is 1.79 bits per heavy atom. The van der Waals surface area contributed by atoms with Gasteiger partial charge in [0, 0.05) is 5.92 Å². The Bertz CT molecular complexity index is 213. The predicted molar refractivity (Wildman–Crippen MR) is 54.9 cm³/mol. The van der Waals surface area contributed by atoms with Crippen molar-refractivity contribution in [2.24, 2.45) is 5.92 Å². The van der Waals surface area contributed by atoms with E-state index >= 15 is 0 Å². The number of ether oxygens (including phenoxy) is 1. The number of esters is 1. The van der Waals surface area contributed by atoms with Gasteiger partial charge in [-0.15, -0.1) is 0 Å². The fraction of sp³-hybridized carbons (Fsp3) is 0.818. The fourth-order valence-corrected chi connectivity index (χ4v) is 1.16. The first-order chi connectivity index (χ1) is 6.26. The SMILES string of the molecule is CC[C@@H](CC(=O)OC(C)(C)C)C(C)=O. The molecular weight excluding hydrogens is 180 g/mol. The maximum atomic E-state index is 11.4. The van der Waals surface area contributed by atoms with Crippen molar-refractivity contribution in [3.8, 4) is 0 Å². The van der Waals surface area contributed by atoms with Crippen LogP contribution >= 0.6 is 0 Å². The molecule has 0 fully saturated rings. The summed E-state index contributed by atoms with van der Waals surface area (Å²) in [4.78, 5) is 22.4. The van der Waals surface area contributed by atoms with Crippen LogP contribution in [0.3, 0.4) is 0 Å². The highest BCUT2D eigenvalue weighted by molar-refractivity contribution is 5.83. The monoisotopic (exact) mass is 200 g/mol.